The van der Waals surface area contributed by atoms with E-state index in [0.717, 1.165) is 26.1 Å². The van der Waals surface area contributed by atoms with Crippen molar-refractivity contribution in [2.45, 2.75) is 26.2 Å². The van der Waals surface area contributed by atoms with E-state index in [2.05, 4.69) is 72.3 Å². The summed E-state index contributed by atoms with van der Waals surface area (Å²) in [5.74, 6) is 1.37. The third kappa shape index (κ3) is 4.29. The molecule has 0 saturated carbocycles. The maximum Gasteiger partial charge on any atom is 0.0270 e. The third-order valence-corrected chi connectivity index (χ3v) is 4.51. The Kier molecular flexibility index (Phi) is 5.24. The molecule has 0 atom stereocenters. The molecule has 1 aliphatic heterocycles. The van der Waals surface area contributed by atoms with Gasteiger partial charge in [-0.1, -0.05) is 50.3 Å². The van der Waals surface area contributed by atoms with E-state index in [0.29, 0.717) is 11.8 Å². The minimum Gasteiger partial charge on any atom is -0.298 e. The number of likely N-dealkylation sites (tertiary alicyclic amines) is 1. The van der Waals surface area contributed by atoms with Crippen LogP contribution in [0.2, 0.25) is 0 Å². The van der Waals surface area contributed by atoms with Crippen LogP contribution in [-0.2, 0) is 0 Å². The summed E-state index contributed by atoms with van der Waals surface area (Å²) in [6, 6.07) is 15.1. The van der Waals surface area contributed by atoms with E-state index in [4.69, 9.17) is 0 Å². The van der Waals surface area contributed by atoms with Crippen molar-refractivity contribution >= 4 is 5.57 Å². The molecule has 0 bridgehead atoms. The maximum absolute atomic E-state index is 4.11. The van der Waals surface area contributed by atoms with Gasteiger partial charge in [-0.15, -0.1) is 0 Å². The lowest BCUT2D eigenvalue weighted by molar-refractivity contribution is 0.170. The van der Waals surface area contributed by atoms with Crippen molar-refractivity contribution in [1.82, 2.24) is 9.88 Å². The molecular weight excluding hydrogens is 280 g/mol. The van der Waals surface area contributed by atoms with Crippen LogP contribution in [0.5, 0.6) is 0 Å². The van der Waals surface area contributed by atoms with Gasteiger partial charge in [0.2, 0.25) is 0 Å². The van der Waals surface area contributed by atoms with Crippen molar-refractivity contribution in [2.75, 3.05) is 19.6 Å². The zero-order valence-corrected chi connectivity index (χ0v) is 14.2. The fraction of sp³-hybridized carbons (Fsp3) is 0.381. The summed E-state index contributed by atoms with van der Waals surface area (Å²) >= 11 is 0. The molecule has 3 rings (SSSR count). The van der Waals surface area contributed by atoms with E-state index in [1.807, 2.05) is 12.4 Å². The van der Waals surface area contributed by atoms with Gasteiger partial charge in [-0.25, -0.2) is 0 Å². The first-order valence-electron chi connectivity index (χ1n) is 8.59. The molecule has 120 valence electrons. The molecule has 2 heterocycles. The molecule has 1 saturated heterocycles. The summed E-state index contributed by atoms with van der Waals surface area (Å²) in [5.41, 5.74) is 4.25. The van der Waals surface area contributed by atoms with Crippen molar-refractivity contribution in [3.63, 3.8) is 0 Å². The highest BCUT2D eigenvalue weighted by atomic mass is 15.2. The molecule has 0 unspecified atom stereocenters. The number of hydrogen-bond donors (Lipinski definition) is 0. The number of nitrogens with zero attached hydrogens (tertiary/aromatic N) is 2. The second-order valence-electron chi connectivity index (χ2n) is 6.90. The first-order chi connectivity index (χ1) is 11.2. The molecule has 1 aliphatic rings. The zero-order chi connectivity index (χ0) is 16.1. The Morgan fingerprint density at radius 2 is 1.83 bits per heavy atom. The summed E-state index contributed by atoms with van der Waals surface area (Å²) in [7, 11) is 0. The highest BCUT2D eigenvalue weighted by molar-refractivity contribution is 5.67. The van der Waals surface area contributed by atoms with E-state index >= 15 is 0 Å². The molecule has 2 heteroatoms. The van der Waals surface area contributed by atoms with Crippen molar-refractivity contribution in [2.24, 2.45) is 5.92 Å². The van der Waals surface area contributed by atoms with Gasteiger partial charge in [-0.2, -0.15) is 0 Å². The minimum absolute atomic E-state index is 0.667. The SMILES string of the molecule is CC(C)CC=C(CN1CC(c2ccncc2)C1)c1ccccc1. The lowest BCUT2D eigenvalue weighted by atomic mass is 9.91. The summed E-state index contributed by atoms with van der Waals surface area (Å²) in [6.45, 7) is 7.91. The zero-order valence-electron chi connectivity index (χ0n) is 14.2. The Hall–Kier alpha value is -1.93. The molecule has 23 heavy (non-hydrogen) atoms. The number of benzene rings is 1. The first-order valence-corrected chi connectivity index (χ1v) is 8.59. The maximum atomic E-state index is 4.11. The lowest BCUT2D eigenvalue weighted by Gasteiger charge is -2.40. The van der Waals surface area contributed by atoms with Crippen molar-refractivity contribution in [1.29, 1.82) is 0 Å². The summed E-state index contributed by atoms with van der Waals surface area (Å²) < 4.78 is 0. The number of allylic oxidation sites excluding steroid dienone is 1. The number of hydrogen-bond acceptors (Lipinski definition) is 2. The third-order valence-electron chi connectivity index (χ3n) is 4.51. The van der Waals surface area contributed by atoms with E-state index in [-0.39, 0.29) is 0 Å². The summed E-state index contributed by atoms with van der Waals surface area (Å²) in [6.07, 6.45) is 7.37. The quantitative estimate of drug-likeness (QED) is 0.774. The van der Waals surface area contributed by atoms with Gasteiger partial charge in [0.05, 0.1) is 0 Å². The number of aromatic nitrogens is 1. The van der Waals surface area contributed by atoms with E-state index < -0.39 is 0 Å². The molecule has 1 aromatic carbocycles. The monoisotopic (exact) mass is 306 g/mol. The number of rotatable bonds is 6. The Morgan fingerprint density at radius 3 is 2.48 bits per heavy atom. The van der Waals surface area contributed by atoms with Crippen LogP contribution in [0.15, 0.2) is 60.9 Å². The fourth-order valence-electron chi connectivity index (χ4n) is 3.09. The van der Waals surface area contributed by atoms with Crippen molar-refractivity contribution in [3.8, 4) is 0 Å². The molecule has 1 aromatic heterocycles. The molecule has 1 fully saturated rings. The average Bonchev–Trinajstić information content (AvgIpc) is 2.54. The van der Waals surface area contributed by atoms with Crippen LogP contribution in [0.3, 0.4) is 0 Å². The van der Waals surface area contributed by atoms with E-state index in [9.17, 15) is 0 Å². The fourth-order valence-corrected chi connectivity index (χ4v) is 3.09. The largest absolute Gasteiger partial charge is 0.298 e. The van der Waals surface area contributed by atoms with Crippen LogP contribution in [-0.4, -0.2) is 29.5 Å². The van der Waals surface area contributed by atoms with Gasteiger partial charge in [0, 0.05) is 37.9 Å². The Labute approximate surface area is 139 Å². The predicted molar refractivity (Wildman–Crippen MR) is 97.3 cm³/mol. The van der Waals surface area contributed by atoms with Crippen LogP contribution in [0, 0.1) is 5.92 Å². The highest BCUT2D eigenvalue weighted by Crippen LogP contribution is 2.29. The minimum atomic E-state index is 0.667. The Morgan fingerprint density at radius 1 is 1.13 bits per heavy atom. The van der Waals surface area contributed by atoms with Gasteiger partial charge in [0.25, 0.3) is 0 Å². The van der Waals surface area contributed by atoms with Crippen LogP contribution >= 0.6 is 0 Å². The van der Waals surface area contributed by atoms with E-state index in [1.54, 1.807) is 0 Å². The van der Waals surface area contributed by atoms with Gasteiger partial charge in [0.15, 0.2) is 0 Å². The highest BCUT2D eigenvalue weighted by Gasteiger charge is 2.28. The van der Waals surface area contributed by atoms with Crippen molar-refractivity contribution < 1.29 is 0 Å². The number of pyridine rings is 1. The van der Waals surface area contributed by atoms with Crippen LogP contribution < -0.4 is 0 Å². The summed E-state index contributed by atoms with van der Waals surface area (Å²) in [4.78, 5) is 6.66. The second kappa shape index (κ2) is 7.56. The van der Waals surface area contributed by atoms with Gasteiger partial charge < -0.3 is 0 Å². The predicted octanol–water partition coefficient (Wildman–Crippen LogP) is 4.61. The topological polar surface area (TPSA) is 16.1 Å². The van der Waals surface area contributed by atoms with Gasteiger partial charge in [-0.05, 0) is 41.2 Å². The molecule has 0 radical (unpaired) electrons. The Bertz CT molecular complexity index is 625. The molecule has 2 aromatic rings. The van der Waals surface area contributed by atoms with Crippen LogP contribution in [0.25, 0.3) is 5.57 Å². The lowest BCUT2D eigenvalue weighted by Crippen LogP contribution is -2.45. The standard InChI is InChI=1S/C21H26N2/c1-17(2)8-9-20(18-6-4-3-5-7-18)14-23-15-21(16-23)19-10-12-22-13-11-19/h3-7,9-13,17,21H,8,14-16H2,1-2H3. The van der Waals surface area contributed by atoms with E-state index in [1.165, 1.54) is 16.7 Å². The summed E-state index contributed by atoms with van der Waals surface area (Å²) in [5, 5.41) is 0. The van der Waals surface area contributed by atoms with Crippen molar-refractivity contribution in [3.05, 3.63) is 72.1 Å². The van der Waals surface area contributed by atoms with Crippen LogP contribution in [0.1, 0.15) is 37.3 Å². The normalized spacial score (nSPS) is 16.6. The molecule has 0 amide bonds. The van der Waals surface area contributed by atoms with Gasteiger partial charge in [0.1, 0.15) is 0 Å². The first kappa shape index (κ1) is 15.9. The molecular formula is C21H26N2. The van der Waals surface area contributed by atoms with Gasteiger partial charge in [-0.3, -0.25) is 9.88 Å². The molecule has 0 aliphatic carbocycles. The molecule has 2 nitrogen and oxygen atoms in total. The second-order valence-corrected chi connectivity index (χ2v) is 6.90. The average molecular weight is 306 g/mol. The molecule has 0 spiro atoms. The molecule has 0 N–H and O–H groups in total. The van der Waals surface area contributed by atoms with Gasteiger partial charge >= 0.3 is 0 Å². The Balaban J connectivity index is 1.63. The smallest absolute Gasteiger partial charge is 0.0270 e. The van der Waals surface area contributed by atoms with Crippen LogP contribution in [0.4, 0.5) is 0 Å².